The first-order valence-corrected chi connectivity index (χ1v) is 5.02. The summed E-state index contributed by atoms with van der Waals surface area (Å²) in [7, 11) is 0. The van der Waals surface area contributed by atoms with Gasteiger partial charge in [-0.15, -0.1) is 0 Å². The van der Waals surface area contributed by atoms with Gasteiger partial charge in [0.1, 0.15) is 0 Å². The molecule has 0 bridgehead atoms. The van der Waals surface area contributed by atoms with Gasteiger partial charge in [0, 0.05) is 23.6 Å². The predicted octanol–water partition coefficient (Wildman–Crippen LogP) is 2.75. The van der Waals surface area contributed by atoms with Crippen LogP contribution in [-0.4, -0.2) is 4.98 Å². The average molecular weight is 188 g/mol. The number of aromatic amines is 1. The molecule has 2 heteroatoms. The Hall–Kier alpha value is -1.28. The molecular formula is C12H16N2. The van der Waals surface area contributed by atoms with Crippen molar-refractivity contribution in [3.8, 4) is 0 Å². The maximum atomic E-state index is 5.64. The lowest BCUT2D eigenvalue weighted by Crippen LogP contribution is -1.94. The van der Waals surface area contributed by atoms with Gasteiger partial charge in [0.05, 0.1) is 0 Å². The monoisotopic (exact) mass is 188 g/mol. The van der Waals surface area contributed by atoms with E-state index in [1.54, 1.807) is 0 Å². The predicted molar refractivity (Wildman–Crippen MR) is 60.3 cm³/mol. The van der Waals surface area contributed by atoms with Crippen LogP contribution >= 0.6 is 0 Å². The first-order chi connectivity index (χ1) is 6.72. The largest absolute Gasteiger partial charge is 0.361 e. The van der Waals surface area contributed by atoms with Crippen LogP contribution < -0.4 is 5.73 Å². The van der Waals surface area contributed by atoms with Crippen LogP contribution in [0.25, 0.3) is 10.9 Å². The van der Waals surface area contributed by atoms with Crippen LogP contribution in [-0.2, 0) is 6.54 Å². The highest BCUT2D eigenvalue weighted by molar-refractivity contribution is 5.83. The Labute approximate surface area is 84.1 Å². The molecule has 2 aromatic rings. The zero-order valence-electron chi connectivity index (χ0n) is 8.67. The number of hydrogen-bond donors (Lipinski definition) is 2. The molecule has 0 radical (unpaired) electrons. The van der Waals surface area contributed by atoms with E-state index in [2.05, 4.69) is 37.0 Å². The third-order valence-electron chi connectivity index (χ3n) is 2.68. The first-order valence-electron chi connectivity index (χ1n) is 5.02. The zero-order chi connectivity index (χ0) is 10.1. The van der Waals surface area contributed by atoms with Crippen molar-refractivity contribution in [3.05, 3.63) is 35.5 Å². The number of rotatable bonds is 2. The number of fused-ring (bicyclic) bond motifs is 1. The van der Waals surface area contributed by atoms with Crippen LogP contribution in [0, 0.1) is 0 Å². The molecule has 2 nitrogen and oxygen atoms in total. The van der Waals surface area contributed by atoms with Gasteiger partial charge in [-0.2, -0.15) is 0 Å². The Morgan fingerprint density at radius 2 is 2.14 bits per heavy atom. The number of benzene rings is 1. The molecule has 0 unspecified atom stereocenters. The molecule has 2 rings (SSSR count). The van der Waals surface area contributed by atoms with Crippen LogP contribution in [0.4, 0.5) is 0 Å². The van der Waals surface area contributed by atoms with Crippen molar-refractivity contribution >= 4 is 10.9 Å². The topological polar surface area (TPSA) is 41.8 Å². The highest BCUT2D eigenvalue weighted by atomic mass is 14.7. The van der Waals surface area contributed by atoms with Crippen molar-refractivity contribution in [2.24, 2.45) is 5.73 Å². The molecule has 1 aromatic heterocycles. The Morgan fingerprint density at radius 3 is 2.79 bits per heavy atom. The van der Waals surface area contributed by atoms with Crippen LogP contribution in [0.5, 0.6) is 0 Å². The number of nitrogens with one attached hydrogen (secondary N) is 1. The SMILES string of the molecule is CC(C)c1ccc2c(CN)c[nH]c2c1. The molecular weight excluding hydrogens is 172 g/mol. The van der Waals surface area contributed by atoms with Gasteiger partial charge in [0.25, 0.3) is 0 Å². The van der Waals surface area contributed by atoms with Crippen LogP contribution in [0.2, 0.25) is 0 Å². The van der Waals surface area contributed by atoms with E-state index in [1.165, 1.54) is 22.0 Å². The Bertz CT molecular complexity index is 441. The third-order valence-corrected chi connectivity index (χ3v) is 2.68. The minimum atomic E-state index is 0.573. The van der Waals surface area contributed by atoms with Crippen molar-refractivity contribution in [2.45, 2.75) is 26.3 Å². The van der Waals surface area contributed by atoms with E-state index in [0.717, 1.165) is 0 Å². The molecule has 0 aliphatic rings. The summed E-state index contributed by atoms with van der Waals surface area (Å²) in [5.41, 5.74) is 9.38. The molecule has 74 valence electrons. The summed E-state index contributed by atoms with van der Waals surface area (Å²) in [6, 6.07) is 6.54. The van der Waals surface area contributed by atoms with E-state index in [0.29, 0.717) is 12.5 Å². The van der Waals surface area contributed by atoms with E-state index in [1.807, 2.05) is 6.20 Å². The average Bonchev–Trinajstić information content (AvgIpc) is 2.59. The Morgan fingerprint density at radius 1 is 1.36 bits per heavy atom. The second kappa shape index (κ2) is 3.46. The third kappa shape index (κ3) is 1.42. The van der Waals surface area contributed by atoms with Crippen LogP contribution in [0.3, 0.4) is 0 Å². The zero-order valence-corrected chi connectivity index (χ0v) is 8.67. The van der Waals surface area contributed by atoms with E-state index < -0.39 is 0 Å². The summed E-state index contributed by atoms with van der Waals surface area (Å²) in [4.78, 5) is 3.25. The van der Waals surface area contributed by atoms with Gasteiger partial charge < -0.3 is 10.7 Å². The minimum absolute atomic E-state index is 0.573. The molecule has 1 heterocycles. The van der Waals surface area contributed by atoms with Gasteiger partial charge in [-0.1, -0.05) is 26.0 Å². The maximum Gasteiger partial charge on any atom is 0.0460 e. The maximum absolute atomic E-state index is 5.64. The summed E-state index contributed by atoms with van der Waals surface area (Å²) in [5.74, 6) is 0.573. The van der Waals surface area contributed by atoms with E-state index >= 15 is 0 Å². The highest BCUT2D eigenvalue weighted by Gasteiger charge is 2.04. The quantitative estimate of drug-likeness (QED) is 0.747. The van der Waals surface area contributed by atoms with Crippen LogP contribution in [0.1, 0.15) is 30.9 Å². The lowest BCUT2D eigenvalue weighted by Gasteiger charge is -2.04. The number of hydrogen-bond acceptors (Lipinski definition) is 1. The lowest BCUT2D eigenvalue weighted by molar-refractivity contribution is 0.868. The van der Waals surface area contributed by atoms with E-state index in [9.17, 15) is 0 Å². The summed E-state index contributed by atoms with van der Waals surface area (Å²) in [5, 5.41) is 1.25. The Balaban J connectivity index is 2.57. The number of H-pyrrole nitrogens is 1. The Kier molecular flexibility index (Phi) is 2.30. The van der Waals surface area contributed by atoms with Gasteiger partial charge in [-0.25, -0.2) is 0 Å². The fourth-order valence-corrected chi connectivity index (χ4v) is 1.73. The van der Waals surface area contributed by atoms with Gasteiger partial charge in [0.2, 0.25) is 0 Å². The van der Waals surface area contributed by atoms with E-state index in [-0.39, 0.29) is 0 Å². The molecule has 14 heavy (non-hydrogen) atoms. The molecule has 1 aromatic carbocycles. The first kappa shape index (κ1) is 9.28. The molecule has 0 aliphatic heterocycles. The van der Waals surface area contributed by atoms with Gasteiger partial charge >= 0.3 is 0 Å². The summed E-state index contributed by atoms with van der Waals surface area (Å²) >= 11 is 0. The smallest absolute Gasteiger partial charge is 0.0460 e. The standard InChI is InChI=1S/C12H16N2/c1-8(2)9-3-4-11-10(6-13)7-14-12(11)5-9/h3-5,7-8,14H,6,13H2,1-2H3. The fraction of sp³-hybridized carbons (Fsp3) is 0.333. The van der Waals surface area contributed by atoms with Crippen molar-refractivity contribution in [1.29, 1.82) is 0 Å². The normalized spacial score (nSPS) is 11.4. The molecule has 0 saturated carbocycles. The highest BCUT2D eigenvalue weighted by Crippen LogP contribution is 2.23. The molecule has 3 N–H and O–H groups in total. The second-order valence-corrected chi connectivity index (χ2v) is 3.98. The van der Waals surface area contributed by atoms with Gasteiger partial charge in [0.15, 0.2) is 0 Å². The molecule has 0 atom stereocenters. The molecule has 0 fully saturated rings. The summed E-state index contributed by atoms with van der Waals surface area (Å²) < 4.78 is 0. The van der Waals surface area contributed by atoms with Gasteiger partial charge in [-0.3, -0.25) is 0 Å². The van der Waals surface area contributed by atoms with Crippen molar-refractivity contribution in [2.75, 3.05) is 0 Å². The fourth-order valence-electron chi connectivity index (χ4n) is 1.73. The number of aromatic nitrogens is 1. The molecule has 0 saturated heterocycles. The summed E-state index contributed by atoms with van der Waals surface area (Å²) in [6.07, 6.45) is 1.99. The minimum Gasteiger partial charge on any atom is -0.361 e. The lowest BCUT2D eigenvalue weighted by atomic mass is 10.0. The molecule has 0 aliphatic carbocycles. The van der Waals surface area contributed by atoms with Crippen molar-refractivity contribution < 1.29 is 0 Å². The molecule has 0 spiro atoms. The summed E-state index contributed by atoms with van der Waals surface area (Å²) in [6.45, 7) is 5.00. The molecule has 0 amide bonds. The van der Waals surface area contributed by atoms with E-state index in [4.69, 9.17) is 5.73 Å². The van der Waals surface area contributed by atoms with Crippen molar-refractivity contribution in [1.82, 2.24) is 4.98 Å². The second-order valence-electron chi connectivity index (χ2n) is 3.98. The number of nitrogens with two attached hydrogens (primary N) is 1. The van der Waals surface area contributed by atoms with Crippen LogP contribution in [0.15, 0.2) is 24.4 Å². The van der Waals surface area contributed by atoms with Crippen molar-refractivity contribution in [3.63, 3.8) is 0 Å². The van der Waals surface area contributed by atoms with Gasteiger partial charge in [-0.05, 0) is 23.1 Å².